The maximum Gasteiger partial charge on any atom is 0.188 e. The summed E-state index contributed by atoms with van der Waals surface area (Å²) >= 11 is 0. The molecule has 0 radical (unpaired) electrons. The molecular formula is C47H32N4. The van der Waals surface area contributed by atoms with Gasteiger partial charge in [0.2, 0.25) is 0 Å². The summed E-state index contributed by atoms with van der Waals surface area (Å²) in [5, 5.41) is 12.6. The first-order valence-electron chi connectivity index (χ1n) is 17.1. The van der Waals surface area contributed by atoms with E-state index in [4.69, 9.17) is 6.57 Å². The van der Waals surface area contributed by atoms with Crippen LogP contribution in [0.25, 0.3) is 54.6 Å². The molecule has 0 saturated carbocycles. The van der Waals surface area contributed by atoms with Crippen LogP contribution in [0.4, 0.5) is 22.7 Å². The standard InChI is InChI=1S/C47H32N4/c1-47(2)41-18-8-12-22-45(41)51(46-23-13-9-19-42(46)47)35-28-31(36-14-4-5-15-38(36)37-25-24-33(49-3)26-32(37)30-48)27-34(29-35)50-43-20-10-6-16-39(43)40-17-7-11-21-44(40)50/h4-29H,1-2H3. The van der Waals surface area contributed by atoms with E-state index in [1.165, 1.54) is 21.9 Å². The van der Waals surface area contributed by atoms with Gasteiger partial charge in [0, 0.05) is 33.1 Å². The minimum absolute atomic E-state index is 0.186. The lowest BCUT2D eigenvalue weighted by Gasteiger charge is -2.42. The van der Waals surface area contributed by atoms with Gasteiger partial charge in [0.25, 0.3) is 0 Å². The van der Waals surface area contributed by atoms with Crippen molar-refractivity contribution in [2.45, 2.75) is 19.3 Å². The summed E-state index contributed by atoms with van der Waals surface area (Å²) in [4.78, 5) is 5.99. The van der Waals surface area contributed by atoms with Crippen LogP contribution in [0, 0.1) is 17.9 Å². The van der Waals surface area contributed by atoms with Crippen molar-refractivity contribution in [3.05, 3.63) is 186 Å². The summed E-state index contributed by atoms with van der Waals surface area (Å²) in [5.41, 5.74) is 13.7. The molecule has 0 amide bonds. The molecule has 8 aromatic rings. The maximum absolute atomic E-state index is 10.2. The van der Waals surface area contributed by atoms with Crippen molar-refractivity contribution in [1.82, 2.24) is 4.57 Å². The average Bonchev–Trinajstić information content (AvgIpc) is 3.52. The van der Waals surface area contributed by atoms with Gasteiger partial charge in [0.1, 0.15) is 0 Å². The molecule has 0 saturated heterocycles. The lowest BCUT2D eigenvalue weighted by Crippen LogP contribution is -2.30. The zero-order valence-corrected chi connectivity index (χ0v) is 28.3. The molecule has 0 spiro atoms. The van der Waals surface area contributed by atoms with Gasteiger partial charge >= 0.3 is 0 Å². The van der Waals surface area contributed by atoms with Crippen molar-refractivity contribution >= 4 is 44.6 Å². The molecule has 7 aromatic carbocycles. The Labute approximate surface area is 297 Å². The summed E-state index contributed by atoms with van der Waals surface area (Å²) in [6, 6.07) is 57.6. The fraction of sp³-hybridized carbons (Fsp3) is 0.0638. The molecule has 240 valence electrons. The zero-order chi connectivity index (χ0) is 34.7. The van der Waals surface area contributed by atoms with Gasteiger partial charge in [0.15, 0.2) is 5.69 Å². The Morgan fingerprint density at radius 1 is 0.569 bits per heavy atom. The van der Waals surface area contributed by atoms with Crippen molar-refractivity contribution in [2.24, 2.45) is 0 Å². The number of hydrogen-bond donors (Lipinski definition) is 0. The molecule has 51 heavy (non-hydrogen) atoms. The van der Waals surface area contributed by atoms with Crippen LogP contribution in [0.3, 0.4) is 0 Å². The van der Waals surface area contributed by atoms with Crippen LogP contribution >= 0.6 is 0 Å². The largest absolute Gasteiger partial charge is 0.310 e. The first-order chi connectivity index (χ1) is 25.0. The van der Waals surface area contributed by atoms with E-state index in [9.17, 15) is 5.26 Å². The number of nitrogens with zero attached hydrogens (tertiary/aromatic N) is 4. The van der Waals surface area contributed by atoms with Crippen molar-refractivity contribution in [3.63, 3.8) is 0 Å². The Bertz CT molecular complexity index is 2670. The number of benzene rings is 7. The number of para-hydroxylation sites is 4. The van der Waals surface area contributed by atoms with Crippen molar-refractivity contribution in [1.29, 1.82) is 5.26 Å². The van der Waals surface area contributed by atoms with Gasteiger partial charge in [-0.05, 0) is 81.9 Å². The van der Waals surface area contributed by atoms with Gasteiger partial charge in [-0.25, -0.2) is 4.85 Å². The topological polar surface area (TPSA) is 36.3 Å². The lowest BCUT2D eigenvalue weighted by atomic mass is 9.73. The number of fused-ring (bicyclic) bond motifs is 5. The van der Waals surface area contributed by atoms with Gasteiger partial charge < -0.3 is 9.47 Å². The first kappa shape index (κ1) is 30.2. The number of hydrogen-bond acceptors (Lipinski definition) is 2. The molecule has 1 aliphatic heterocycles. The SMILES string of the molecule is [C-]#[N+]c1ccc(-c2ccccc2-c2cc(N3c4ccccc4C(C)(C)c4ccccc43)cc(-n3c4ccccc4c4ccccc43)c2)c(C#N)c1. The summed E-state index contributed by atoms with van der Waals surface area (Å²) in [7, 11) is 0. The van der Waals surface area contributed by atoms with Gasteiger partial charge in [0.05, 0.1) is 35.0 Å². The molecule has 0 N–H and O–H groups in total. The lowest BCUT2D eigenvalue weighted by molar-refractivity contribution is 0.632. The second-order valence-electron chi connectivity index (χ2n) is 13.6. The van der Waals surface area contributed by atoms with Crippen LogP contribution < -0.4 is 4.90 Å². The minimum Gasteiger partial charge on any atom is -0.310 e. The number of anilines is 3. The van der Waals surface area contributed by atoms with E-state index < -0.39 is 0 Å². The van der Waals surface area contributed by atoms with Crippen molar-refractivity contribution < 1.29 is 0 Å². The van der Waals surface area contributed by atoms with E-state index in [2.05, 4.69) is 168 Å². The van der Waals surface area contributed by atoms with Crippen molar-refractivity contribution in [2.75, 3.05) is 4.90 Å². The van der Waals surface area contributed by atoms with Crippen LogP contribution in [0.1, 0.15) is 30.5 Å². The predicted octanol–water partition coefficient (Wildman–Crippen LogP) is 12.6. The van der Waals surface area contributed by atoms with Crippen LogP contribution in [-0.4, -0.2) is 4.57 Å². The molecule has 0 atom stereocenters. The monoisotopic (exact) mass is 652 g/mol. The van der Waals surface area contributed by atoms with E-state index in [0.29, 0.717) is 11.3 Å². The predicted molar refractivity (Wildman–Crippen MR) is 209 cm³/mol. The van der Waals surface area contributed by atoms with Crippen LogP contribution in [0.15, 0.2) is 158 Å². The highest BCUT2D eigenvalue weighted by molar-refractivity contribution is 6.09. The second kappa shape index (κ2) is 11.6. The van der Waals surface area contributed by atoms with E-state index in [-0.39, 0.29) is 5.41 Å². The first-order valence-corrected chi connectivity index (χ1v) is 17.1. The Balaban J connectivity index is 1.37. The Hall–Kier alpha value is -6.88. The van der Waals surface area contributed by atoms with E-state index >= 15 is 0 Å². The fourth-order valence-electron chi connectivity index (χ4n) is 8.06. The fourth-order valence-corrected chi connectivity index (χ4v) is 8.06. The highest BCUT2D eigenvalue weighted by Gasteiger charge is 2.36. The number of rotatable bonds is 4. The molecule has 2 heterocycles. The summed E-state index contributed by atoms with van der Waals surface area (Å²) < 4.78 is 2.37. The third kappa shape index (κ3) is 4.66. The minimum atomic E-state index is -0.186. The summed E-state index contributed by atoms with van der Waals surface area (Å²) in [5.74, 6) is 0. The molecule has 0 aliphatic carbocycles. The highest BCUT2D eigenvalue weighted by Crippen LogP contribution is 2.52. The molecular weight excluding hydrogens is 621 g/mol. The van der Waals surface area contributed by atoms with Crippen molar-refractivity contribution in [3.8, 4) is 34.0 Å². The quantitative estimate of drug-likeness (QED) is 0.177. The normalized spacial score (nSPS) is 13.0. The zero-order valence-electron chi connectivity index (χ0n) is 28.3. The number of aromatic nitrogens is 1. The summed E-state index contributed by atoms with van der Waals surface area (Å²) in [6.07, 6.45) is 0. The van der Waals surface area contributed by atoms with Gasteiger partial charge in [-0.2, -0.15) is 5.26 Å². The maximum atomic E-state index is 10.2. The third-order valence-electron chi connectivity index (χ3n) is 10.4. The van der Waals surface area contributed by atoms with E-state index in [1.807, 2.05) is 12.1 Å². The van der Waals surface area contributed by atoms with E-state index in [0.717, 1.165) is 56.0 Å². The van der Waals surface area contributed by atoms with Crippen LogP contribution in [0.2, 0.25) is 0 Å². The van der Waals surface area contributed by atoms with Gasteiger partial charge in [-0.3, -0.25) is 0 Å². The third-order valence-corrected chi connectivity index (χ3v) is 10.4. The molecule has 9 rings (SSSR count). The Morgan fingerprint density at radius 3 is 1.75 bits per heavy atom. The van der Waals surface area contributed by atoms with Crippen LogP contribution in [-0.2, 0) is 5.41 Å². The van der Waals surface area contributed by atoms with Crippen LogP contribution in [0.5, 0.6) is 0 Å². The molecule has 0 fully saturated rings. The Kier molecular flexibility index (Phi) is 6.88. The molecule has 1 aromatic heterocycles. The number of nitriles is 1. The molecule has 0 bridgehead atoms. The average molecular weight is 653 g/mol. The smallest absolute Gasteiger partial charge is 0.188 e. The van der Waals surface area contributed by atoms with Gasteiger partial charge in [-0.15, -0.1) is 0 Å². The second-order valence-corrected chi connectivity index (χ2v) is 13.6. The molecule has 4 nitrogen and oxygen atoms in total. The highest BCUT2D eigenvalue weighted by atomic mass is 15.2. The van der Waals surface area contributed by atoms with Gasteiger partial charge in [-0.1, -0.05) is 123 Å². The summed E-state index contributed by atoms with van der Waals surface area (Å²) in [6.45, 7) is 12.2. The van der Waals surface area contributed by atoms with E-state index in [1.54, 1.807) is 12.1 Å². The molecule has 0 unspecified atom stereocenters. The Morgan fingerprint density at radius 2 is 1.12 bits per heavy atom. The molecule has 4 heteroatoms. The molecule has 1 aliphatic rings.